The van der Waals surface area contributed by atoms with E-state index in [1.807, 2.05) is 0 Å². The Morgan fingerprint density at radius 3 is 2.54 bits per heavy atom. The van der Waals surface area contributed by atoms with Crippen molar-refractivity contribution in [3.8, 4) is 0 Å². The number of fused-ring (bicyclic) bond motifs is 1. The highest BCUT2D eigenvalue weighted by Crippen LogP contribution is 2.32. The van der Waals surface area contributed by atoms with Crippen LogP contribution in [-0.4, -0.2) is 30.9 Å². The van der Waals surface area contributed by atoms with Crippen molar-refractivity contribution >= 4 is 21.6 Å². The lowest BCUT2D eigenvalue weighted by Crippen LogP contribution is -2.36. The maximum Gasteiger partial charge on any atom is 0.417 e. The molecule has 28 heavy (non-hydrogen) atoms. The molecule has 0 spiro atoms. The first kappa shape index (κ1) is 20.3. The second-order valence-electron chi connectivity index (χ2n) is 6.47. The molecule has 0 radical (unpaired) electrons. The standard InChI is InChI=1S/C19H19F3N2O3S/c1-2-28(26,27)24-10-9-13-7-8-15(11-14(13)12-24)23-18(25)16-5-3-4-6-17(16)19(20,21)22/h3-8,11H,2,9-10,12H2,1H3,(H,23,25). The molecule has 0 aromatic heterocycles. The number of benzene rings is 2. The molecular formula is C19H19F3N2O3S. The summed E-state index contributed by atoms with van der Waals surface area (Å²) in [7, 11) is -3.34. The third-order valence-corrected chi connectivity index (χ3v) is 6.50. The predicted octanol–water partition coefficient (Wildman–Crippen LogP) is 3.67. The maximum atomic E-state index is 13.1. The normalized spacial score (nSPS) is 15.1. The van der Waals surface area contributed by atoms with Crippen molar-refractivity contribution in [2.45, 2.75) is 26.1 Å². The van der Waals surface area contributed by atoms with Gasteiger partial charge in [-0.05, 0) is 48.7 Å². The molecule has 2 aromatic carbocycles. The summed E-state index contributed by atoms with van der Waals surface area (Å²) in [5, 5.41) is 2.48. The molecule has 0 saturated carbocycles. The first-order valence-electron chi connectivity index (χ1n) is 8.69. The Labute approximate surface area is 161 Å². The van der Waals surface area contributed by atoms with E-state index in [0.717, 1.165) is 23.3 Å². The second-order valence-corrected chi connectivity index (χ2v) is 8.72. The summed E-state index contributed by atoms with van der Waals surface area (Å²) in [6, 6.07) is 9.54. The quantitative estimate of drug-likeness (QED) is 0.833. The zero-order valence-corrected chi connectivity index (χ0v) is 15.9. The third-order valence-electron chi connectivity index (χ3n) is 4.68. The van der Waals surface area contributed by atoms with Gasteiger partial charge in [0, 0.05) is 18.8 Å². The third kappa shape index (κ3) is 4.20. The topological polar surface area (TPSA) is 66.5 Å². The number of nitrogens with zero attached hydrogens (tertiary/aromatic N) is 1. The molecule has 5 nitrogen and oxygen atoms in total. The molecule has 1 aliphatic heterocycles. The molecular weight excluding hydrogens is 393 g/mol. The molecule has 150 valence electrons. The zero-order valence-electron chi connectivity index (χ0n) is 15.1. The SMILES string of the molecule is CCS(=O)(=O)N1CCc2ccc(NC(=O)c3ccccc3C(F)(F)F)cc2C1. The van der Waals surface area contributed by atoms with Crippen LogP contribution >= 0.6 is 0 Å². The Morgan fingerprint density at radius 2 is 1.86 bits per heavy atom. The van der Waals surface area contributed by atoms with Gasteiger partial charge in [0.05, 0.1) is 16.9 Å². The van der Waals surface area contributed by atoms with Crippen LogP contribution in [-0.2, 0) is 29.2 Å². The lowest BCUT2D eigenvalue weighted by atomic mass is 10.00. The van der Waals surface area contributed by atoms with Gasteiger partial charge in [-0.25, -0.2) is 8.42 Å². The van der Waals surface area contributed by atoms with Crippen molar-refractivity contribution in [1.29, 1.82) is 0 Å². The first-order chi connectivity index (χ1) is 13.1. The lowest BCUT2D eigenvalue weighted by Gasteiger charge is -2.28. The molecule has 3 rings (SSSR count). The number of sulfonamides is 1. The van der Waals surface area contributed by atoms with Crippen molar-refractivity contribution in [2.24, 2.45) is 0 Å². The number of anilines is 1. The monoisotopic (exact) mass is 412 g/mol. The van der Waals surface area contributed by atoms with Gasteiger partial charge in [-0.15, -0.1) is 0 Å². The van der Waals surface area contributed by atoms with Crippen molar-refractivity contribution in [3.05, 3.63) is 64.7 Å². The van der Waals surface area contributed by atoms with Gasteiger partial charge in [-0.2, -0.15) is 17.5 Å². The molecule has 1 N–H and O–H groups in total. The van der Waals surface area contributed by atoms with Crippen LogP contribution in [0.25, 0.3) is 0 Å². The molecule has 1 amide bonds. The average Bonchev–Trinajstić information content (AvgIpc) is 2.66. The van der Waals surface area contributed by atoms with Crippen molar-refractivity contribution in [3.63, 3.8) is 0 Å². The molecule has 0 unspecified atom stereocenters. The summed E-state index contributed by atoms with van der Waals surface area (Å²) >= 11 is 0. The van der Waals surface area contributed by atoms with Gasteiger partial charge in [0.1, 0.15) is 0 Å². The van der Waals surface area contributed by atoms with E-state index in [2.05, 4.69) is 5.32 Å². The number of amides is 1. The van der Waals surface area contributed by atoms with E-state index in [-0.39, 0.29) is 12.3 Å². The van der Waals surface area contributed by atoms with E-state index in [1.165, 1.54) is 16.4 Å². The minimum absolute atomic E-state index is 0.00696. The Morgan fingerprint density at radius 1 is 1.14 bits per heavy atom. The lowest BCUT2D eigenvalue weighted by molar-refractivity contribution is -0.137. The van der Waals surface area contributed by atoms with Gasteiger partial charge in [-0.3, -0.25) is 4.79 Å². The van der Waals surface area contributed by atoms with E-state index < -0.39 is 33.2 Å². The summed E-state index contributed by atoms with van der Waals surface area (Å²) in [4.78, 5) is 12.4. The van der Waals surface area contributed by atoms with Crippen LogP contribution in [0.1, 0.15) is 34.0 Å². The largest absolute Gasteiger partial charge is 0.417 e. The number of nitrogens with one attached hydrogen (secondary N) is 1. The van der Waals surface area contributed by atoms with Crippen LogP contribution in [0, 0.1) is 0 Å². The van der Waals surface area contributed by atoms with Gasteiger partial charge < -0.3 is 5.32 Å². The number of carbonyl (C=O) groups is 1. The predicted molar refractivity (Wildman–Crippen MR) is 99.4 cm³/mol. The van der Waals surface area contributed by atoms with Gasteiger partial charge in [-0.1, -0.05) is 18.2 Å². The van der Waals surface area contributed by atoms with Gasteiger partial charge in [0.25, 0.3) is 5.91 Å². The minimum Gasteiger partial charge on any atom is -0.322 e. The van der Waals surface area contributed by atoms with Gasteiger partial charge in [0.2, 0.25) is 10.0 Å². The van der Waals surface area contributed by atoms with Crippen LogP contribution in [0.3, 0.4) is 0 Å². The molecule has 1 aliphatic rings. The fraction of sp³-hybridized carbons (Fsp3) is 0.316. The molecule has 2 aromatic rings. The average molecular weight is 412 g/mol. The molecule has 9 heteroatoms. The molecule has 1 heterocycles. The number of alkyl halides is 3. The fourth-order valence-corrected chi connectivity index (χ4v) is 4.23. The van der Waals surface area contributed by atoms with Crippen molar-refractivity contribution in [2.75, 3.05) is 17.6 Å². The van der Waals surface area contributed by atoms with E-state index in [4.69, 9.17) is 0 Å². The number of hydrogen-bond acceptors (Lipinski definition) is 3. The van der Waals surface area contributed by atoms with E-state index in [9.17, 15) is 26.4 Å². The van der Waals surface area contributed by atoms with Crippen LogP contribution in [0.4, 0.5) is 18.9 Å². The molecule has 0 saturated heterocycles. The highest BCUT2D eigenvalue weighted by atomic mass is 32.2. The minimum atomic E-state index is -4.64. The second kappa shape index (κ2) is 7.56. The number of rotatable bonds is 4. The van der Waals surface area contributed by atoms with Crippen molar-refractivity contribution < 1.29 is 26.4 Å². The summed E-state index contributed by atoms with van der Waals surface area (Å²) < 4.78 is 64.9. The fourth-order valence-electron chi connectivity index (χ4n) is 3.16. The molecule has 0 aliphatic carbocycles. The molecule has 0 fully saturated rings. The van der Waals surface area contributed by atoms with E-state index >= 15 is 0 Å². The summed E-state index contributed by atoms with van der Waals surface area (Å²) in [5.74, 6) is -0.880. The molecule has 0 bridgehead atoms. The summed E-state index contributed by atoms with van der Waals surface area (Å²) in [6.45, 7) is 2.13. The Balaban J connectivity index is 1.84. The van der Waals surface area contributed by atoms with Crippen LogP contribution in [0.5, 0.6) is 0 Å². The number of carbonyl (C=O) groups excluding carboxylic acids is 1. The Bertz CT molecular complexity index is 1000. The van der Waals surface area contributed by atoms with Crippen LogP contribution in [0.15, 0.2) is 42.5 Å². The Hall–Kier alpha value is -2.39. The van der Waals surface area contributed by atoms with Crippen molar-refractivity contribution in [1.82, 2.24) is 4.31 Å². The highest BCUT2D eigenvalue weighted by molar-refractivity contribution is 7.89. The smallest absolute Gasteiger partial charge is 0.322 e. The van der Waals surface area contributed by atoms with Gasteiger partial charge >= 0.3 is 6.18 Å². The summed E-state index contributed by atoms with van der Waals surface area (Å²) in [5.41, 5.74) is 0.520. The zero-order chi connectivity index (χ0) is 20.5. The van der Waals surface area contributed by atoms with Crippen LogP contribution in [0.2, 0.25) is 0 Å². The molecule has 0 atom stereocenters. The maximum absolute atomic E-state index is 13.1. The van der Waals surface area contributed by atoms with Gasteiger partial charge in [0.15, 0.2) is 0 Å². The highest BCUT2D eigenvalue weighted by Gasteiger charge is 2.35. The Kier molecular flexibility index (Phi) is 5.49. The van der Waals surface area contributed by atoms with Crippen LogP contribution < -0.4 is 5.32 Å². The number of hydrogen-bond donors (Lipinski definition) is 1. The number of halogens is 3. The van der Waals surface area contributed by atoms with E-state index in [0.29, 0.717) is 18.7 Å². The summed E-state index contributed by atoms with van der Waals surface area (Å²) in [6.07, 6.45) is -4.10. The van der Waals surface area contributed by atoms with E-state index in [1.54, 1.807) is 25.1 Å². The first-order valence-corrected chi connectivity index (χ1v) is 10.3.